The summed E-state index contributed by atoms with van der Waals surface area (Å²) in [5.74, 6) is 0.488. The predicted octanol–water partition coefficient (Wildman–Crippen LogP) is 1.29. The molecule has 0 saturated carbocycles. The first-order valence-electron chi connectivity index (χ1n) is 6.83. The molecular formula is C14H19N3O3. The van der Waals surface area contributed by atoms with E-state index in [9.17, 15) is 9.59 Å². The fraction of sp³-hybridized carbons (Fsp3) is 0.500. The van der Waals surface area contributed by atoms with Gasteiger partial charge < -0.3 is 4.74 Å². The van der Waals surface area contributed by atoms with Crippen molar-refractivity contribution in [2.75, 3.05) is 6.61 Å². The number of ether oxygens (including phenoxy) is 1. The van der Waals surface area contributed by atoms with Crippen LogP contribution >= 0.6 is 0 Å². The van der Waals surface area contributed by atoms with Crippen LogP contribution in [0.15, 0.2) is 21.9 Å². The Hall–Kier alpha value is -2.11. The van der Waals surface area contributed by atoms with Crippen molar-refractivity contribution in [1.29, 1.82) is 0 Å². The number of nitrogens with zero attached hydrogens (tertiary/aromatic N) is 3. The van der Waals surface area contributed by atoms with Gasteiger partial charge in [-0.05, 0) is 18.9 Å². The zero-order chi connectivity index (χ0) is 14.7. The smallest absolute Gasteiger partial charge is 0.332 e. The molecule has 2 aromatic heterocycles. The molecule has 2 aromatic rings. The lowest BCUT2D eigenvalue weighted by Crippen LogP contribution is -2.39. The summed E-state index contributed by atoms with van der Waals surface area (Å²) in [5.41, 5.74) is -0.311. The minimum absolute atomic E-state index is 0.329. The molecular weight excluding hydrogens is 258 g/mol. The summed E-state index contributed by atoms with van der Waals surface area (Å²) in [6.07, 6.45) is 3.11. The summed E-state index contributed by atoms with van der Waals surface area (Å²) >= 11 is 0. The second-order valence-electron chi connectivity index (χ2n) is 4.65. The van der Waals surface area contributed by atoms with Gasteiger partial charge in [-0.15, -0.1) is 0 Å². The van der Waals surface area contributed by atoms with Gasteiger partial charge in [0.1, 0.15) is 11.1 Å². The van der Waals surface area contributed by atoms with E-state index in [1.54, 1.807) is 19.3 Å². The molecule has 2 heterocycles. The fourth-order valence-corrected chi connectivity index (χ4v) is 2.14. The van der Waals surface area contributed by atoms with Gasteiger partial charge in [-0.1, -0.05) is 13.8 Å². The largest absolute Gasteiger partial charge is 0.493 e. The zero-order valence-electron chi connectivity index (χ0n) is 12.0. The molecule has 6 nitrogen and oxygen atoms in total. The van der Waals surface area contributed by atoms with E-state index in [2.05, 4.69) is 4.98 Å². The van der Waals surface area contributed by atoms with Gasteiger partial charge in [0.05, 0.1) is 6.61 Å². The van der Waals surface area contributed by atoms with E-state index < -0.39 is 0 Å². The van der Waals surface area contributed by atoms with Crippen molar-refractivity contribution in [3.63, 3.8) is 0 Å². The SMILES string of the molecule is CCCOc1ccnc2c1c(=O)n(CCC)c(=O)n2C. The number of hydrogen-bond acceptors (Lipinski definition) is 4. The number of aryl methyl sites for hydroxylation is 1. The summed E-state index contributed by atoms with van der Waals surface area (Å²) in [4.78, 5) is 28.8. The third kappa shape index (κ3) is 2.33. The maximum absolute atomic E-state index is 12.5. The molecule has 0 fully saturated rings. The number of hydrogen-bond donors (Lipinski definition) is 0. The second kappa shape index (κ2) is 5.90. The van der Waals surface area contributed by atoms with Crippen molar-refractivity contribution >= 4 is 11.0 Å². The Kier molecular flexibility index (Phi) is 4.22. The highest BCUT2D eigenvalue weighted by molar-refractivity contribution is 5.80. The third-order valence-corrected chi connectivity index (χ3v) is 3.10. The van der Waals surface area contributed by atoms with E-state index in [0.717, 1.165) is 6.42 Å². The van der Waals surface area contributed by atoms with Gasteiger partial charge in [0.2, 0.25) is 0 Å². The first-order chi connectivity index (χ1) is 9.61. The molecule has 2 rings (SSSR count). The Morgan fingerprint density at radius 3 is 2.65 bits per heavy atom. The van der Waals surface area contributed by atoms with Crippen LogP contribution in [-0.2, 0) is 13.6 Å². The second-order valence-corrected chi connectivity index (χ2v) is 4.65. The van der Waals surface area contributed by atoms with Crippen molar-refractivity contribution in [3.8, 4) is 5.75 Å². The standard InChI is InChI=1S/C14H19N3O3/c1-4-8-17-13(18)11-10(20-9-5-2)6-7-15-12(11)16(3)14(17)19/h6-7H,4-5,8-9H2,1-3H3. The highest BCUT2D eigenvalue weighted by atomic mass is 16.5. The van der Waals surface area contributed by atoms with Crippen LogP contribution in [0, 0.1) is 0 Å². The Morgan fingerprint density at radius 1 is 1.25 bits per heavy atom. The van der Waals surface area contributed by atoms with Crippen LogP contribution in [0.1, 0.15) is 26.7 Å². The molecule has 0 aliphatic heterocycles. The van der Waals surface area contributed by atoms with Crippen molar-refractivity contribution in [2.45, 2.75) is 33.2 Å². The maximum atomic E-state index is 12.5. The van der Waals surface area contributed by atoms with Crippen molar-refractivity contribution in [3.05, 3.63) is 33.1 Å². The first-order valence-corrected chi connectivity index (χ1v) is 6.83. The summed E-state index contributed by atoms with van der Waals surface area (Å²) in [6, 6.07) is 1.67. The van der Waals surface area contributed by atoms with E-state index in [-0.39, 0.29) is 11.2 Å². The van der Waals surface area contributed by atoms with Gasteiger partial charge in [-0.2, -0.15) is 0 Å². The zero-order valence-corrected chi connectivity index (χ0v) is 12.0. The van der Waals surface area contributed by atoms with E-state index in [4.69, 9.17) is 4.74 Å². The van der Waals surface area contributed by atoms with Crippen LogP contribution in [0.25, 0.3) is 11.0 Å². The number of aromatic nitrogens is 3. The van der Waals surface area contributed by atoms with E-state index in [1.165, 1.54) is 9.13 Å². The van der Waals surface area contributed by atoms with Crippen LogP contribution in [0.2, 0.25) is 0 Å². The first kappa shape index (κ1) is 14.3. The highest BCUT2D eigenvalue weighted by Gasteiger charge is 2.15. The lowest BCUT2D eigenvalue weighted by Gasteiger charge is -2.12. The maximum Gasteiger partial charge on any atom is 0.332 e. The summed E-state index contributed by atoms with van der Waals surface area (Å²) in [7, 11) is 1.62. The molecule has 0 bridgehead atoms. The minimum atomic E-state index is -0.343. The average molecular weight is 277 g/mol. The molecule has 0 aromatic carbocycles. The lowest BCUT2D eigenvalue weighted by molar-refractivity contribution is 0.320. The topological polar surface area (TPSA) is 66.1 Å². The number of pyridine rings is 1. The molecule has 0 aliphatic carbocycles. The summed E-state index contributed by atoms with van der Waals surface area (Å²) < 4.78 is 8.24. The van der Waals surface area contributed by atoms with E-state index >= 15 is 0 Å². The molecule has 0 aliphatic rings. The molecule has 20 heavy (non-hydrogen) atoms. The molecule has 0 unspecified atom stereocenters. The fourth-order valence-electron chi connectivity index (χ4n) is 2.14. The van der Waals surface area contributed by atoms with E-state index in [0.29, 0.717) is 36.4 Å². The Bertz CT molecular complexity index is 731. The van der Waals surface area contributed by atoms with Crippen LogP contribution in [0.4, 0.5) is 0 Å². The Balaban J connectivity index is 2.80. The average Bonchev–Trinajstić information content (AvgIpc) is 2.46. The van der Waals surface area contributed by atoms with Gasteiger partial charge in [0.25, 0.3) is 5.56 Å². The van der Waals surface area contributed by atoms with Crippen molar-refractivity contribution < 1.29 is 4.74 Å². The normalized spacial score (nSPS) is 10.9. The number of rotatable bonds is 5. The minimum Gasteiger partial charge on any atom is -0.493 e. The van der Waals surface area contributed by atoms with Gasteiger partial charge in [0.15, 0.2) is 5.65 Å². The quantitative estimate of drug-likeness (QED) is 0.826. The predicted molar refractivity (Wildman–Crippen MR) is 77.3 cm³/mol. The monoisotopic (exact) mass is 277 g/mol. The third-order valence-electron chi connectivity index (χ3n) is 3.10. The van der Waals surface area contributed by atoms with Gasteiger partial charge in [-0.3, -0.25) is 13.9 Å². The molecule has 0 amide bonds. The van der Waals surface area contributed by atoms with Crippen LogP contribution in [-0.4, -0.2) is 20.7 Å². The highest BCUT2D eigenvalue weighted by Crippen LogP contribution is 2.19. The molecule has 0 saturated heterocycles. The van der Waals surface area contributed by atoms with Crippen LogP contribution < -0.4 is 16.0 Å². The summed E-state index contributed by atoms with van der Waals surface area (Å²) in [6.45, 7) is 4.83. The lowest BCUT2D eigenvalue weighted by atomic mass is 10.3. The van der Waals surface area contributed by atoms with Gasteiger partial charge >= 0.3 is 5.69 Å². The Labute approximate surface area is 116 Å². The van der Waals surface area contributed by atoms with E-state index in [1.807, 2.05) is 13.8 Å². The molecule has 0 radical (unpaired) electrons. The molecule has 6 heteroatoms. The van der Waals surface area contributed by atoms with Crippen LogP contribution in [0.5, 0.6) is 5.75 Å². The molecule has 108 valence electrons. The van der Waals surface area contributed by atoms with Gasteiger partial charge in [0, 0.05) is 19.8 Å². The van der Waals surface area contributed by atoms with Crippen LogP contribution in [0.3, 0.4) is 0 Å². The van der Waals surface area contributed by atoms with Crippen molar-refractivity contribution in [2.24, 2.45) is 7.05 Å². The molecule has 0 spiro atoms. The Morgan fingerprint density at radius 2 is 2.00 bits per heavy atom. The molecule has 0 atom stereocenters. The van der Waals surface area contributed by atoms with Gasteiger partial charge in [-0.25, -0.2) is 9.78 Å². The number of fused-ring (bicyclic) bond motifs is 1. The van der Waals surface area contributed by atoms with Crippen molar-refractivity contribution in [1.82, 2.24) is 14.1 Å². The summed E-state index contributed by atoms with van der Waals surface area (Å²) in [5, 5.41) is 0.372. The molecule has 0 N–H and O–H groups in total.